The van der Waals surface area contributed by atoms with Gasteiger partial charge < -0.3 is 10.2 Å². The summed E-state index contributed by atoms with van der Waals surface area (Å²) in [5.74, 6) is -0.514. The van der Waals surface area contributed by atoms with E-state index in [1.165, 1.54) is 42.3 Å². The van der Waals surface area contributed by atoms with Gasteiger partial charge in [0, 0.05) is 31.1 Å². The van der Waals surface area contributed by atoms with Crippen LogP contribution >= 0.6 is 0 Å². The topological polar surface area (TPSA) is 63.1 Å². The van der Waals surface area contributed by atoms with Crippen LogP contribution in [0.25, 0.3) is 11.0 Å². The number of rotatable bonds is 5. The summed E-state index contributed by atoms with van der Waals surface area (Å²) in [5, 5.41) is 3.75. The van der Waals surface area contributed by atoms with Gasteiger partial charge in [-0.15, -0.1) is 0 Å². The van der Waals surface area contributed by atoms with Gasteiger partial charge in [0.05, 0.1) is 17.0 Å². The number of hydrogen-bond donors (Lipinski definition) is 1. The van der Waals surface area contributed by atoms with Gasteiger partial charge in [-0.1, -0.05) is 24.6 Å². The van der Waals surface area contributed by atoms with Gasteiger partial charge in [0.1, 0.15) is 29.3 Å². The Labute approximate surface area is 183 Å². The number of pyridine rings is 1. The van der Waals surface area contributed by atoms with Gasteiger partial charge in [-0.25, -0.2) is 23.1 Å². The van der Waals surface area contributed by atoms with Crippen LogP contribution in [0.5, 0.6) is 0 Å². The summed E-state index contributed by atoms with van der Waals surface area (Å²) in [5.41, 5.74) is 0.763. The number of benzene rings is 1. The van der Waals surface area contributed by atoms with Crippen molar-refractivity contribution in [1.82, 2.24) is 14.5 Å². The number of nitrogens with one attached hydrogen (secondary N) is 1. The maximum absolute atomic E-state index is 14.6. The third kappa shape index (κ3) is 3.22. The number of aryl methyl sites for hydroxylation is 1. The number of alkyl halides is 2. The lowest BCUT2D eigenvalue weighted by Gasteiger charge is -2.56. The van der Waals surface area contributed by atoms with E-state index in [4.69, 9.17) is 0 Å². The molecule has 3 aromatic rings. The van der Waals surface area contributed by atoms with Gasteiger partial charge in [-0.2, -0.15) is 0 Å². The first kappa shape index (κ1) is 20.8. The summed E-state index contributed by atoms with van der Waals surface area (Å²) < 4.78 is 42.4. The highest BCUT2D eigenvalue weighted by molar-refractivity contribution is 5.89. The van der Waals surface area contributed by atoms with Gasteiger partial charge in [0.25, 0.3) is 12.0 Å². The minimum Gasteiger partial charge on any atom is -0.366 e. The van der Waals surface area contributed by atoms with E-state index in [9.17, 15) is 18.0 Å². The number of fused-ring (bicyclic) bond motifs is 1. The molecule has 1 aliphatic carbocycles. The Balaban J connectivity index is 1.51. The molecule has 0 unspecified atom stereocenters. The van der Waals surface area contributed by atoms with Crippen LogP contribution in [-0.2, 0) is 7.05 Å². The van der Waals surface area contributed by atoms with Crippen molar-refractivity contribution in [1.29, 1.82) is 0 Å². The highest BCUT2D eigenvalue weighted by Gasteiger charge is 2.48. The lowest BCUT2D eigenvalue weighted by Crippen LogP contribution is -2.61. The van der Waals surface area contributed by atoms with Crippen LogP contribution in [0.3, 0.4) is 0 Å². The van der Waals surface area contributed by atoms with Crippen molar-refractivity contribution in [2.24, 2.45) is 12.5 Å². The highest BCUT2D eigenvalue weighted by Crippen LogP contribution is 2.49. The maximum Gasteiger partial charge on any atom is 0.275 e. The van der Waals surface area contributed by atoms with Crippen molar-refractivity contribution in [2.45, 2.75) is 38.7 Å². The van der Waals surface area contributed by atoms with Gasteiger partial charge in [0.2, 0.25) is 0 Å². The lowest BCUT2D eigenvalue weighted by atomic mass is 9.63. The third-order valence-electron chi connectivity index (χ3n) is 6.91. The van der Waals surface area contributed by atoms with Crippen molar-refractivity contribution in [3.05, 3.63) is 57.9 Å². The van der Waals surface area contributed by atoms with E-state index in [1.54, 1.807) is 20.0 Å². The summed E-state index contributed by atoms with van der Waals surface area (Å²) in [6.07, 6.45) is 2.08. The van der Waals surface area contributed by atoms with Gasteiger partial charge in [0.15, 0.2) is 0 Å². The van der Waals surface area contributed by atoms with Crippen LogP contribution in [-0.4, -0.2) is 27.6 Å². The zero-order valence-electron chi connectivity index (χ0n) is 17.9. The normalized spacial score (nSPS) is 18.0. The molecule has 9 heteroatoms. The number of anilines is 2. The molecular formula is C23H24F3N5O. The average molecular weight is 443 g/mol. The maximum atomic E-state index is 14.6. The Bertz CT molecular complexity index is 1250. The quantitative estimate of drug-likeness (QED) is 0.626. The van der Waals surface area contributed by atoms with E-state index in [-0.39, 0.29) is 11.1 Å². The standard InChI is InChI=1S/C23H24F3N5O/c1-13(14-5-3-6-15(18(14)24)19(25)26)29-20-16-9-17(31-10-23(11-31)7-4-8-23)22(32)30(2)21(16)28-12-27-20/h3,5-6,9,12-13,19H,4,7-8,10-11H2,1-2H3,(H,27,28,29)/t13-/m1/s1. The minimum absolute atomic E-state index is 0.120. The number of hydrogen-bond acceptors (Lipinski definition) is 5. The molecule has 1 N–H and O–H groups in total. The van der Waals surface area contributed by atoms with E-state index < -0.39 is 23.8 Å². The van der Waals surface area contributed by atoms with Crippen LogP contribution in [0.1, 0.15) is 49.8 Å². The third-order valence-corrected chi connectivity index (χ3v) is 6.91. The summed E-state index contributed by atoms with van der Waals surface area (Å²) in [4.78, 5) is 23.6. The van der Waals surface area contributed by atoms with Crippen LogP contribution in [0.2, 0.25) is 0 Å². The second kappa shape index (κ2) is 7.50. The van der Waals surface area contributed by atoms with Gasteiger partial charge in [-0.3, -0.25) is 9.36 Å². The van der Waals surface area contributed by atoms with Crippen LogP contribution in [0.15, 0.2) is 35.4 Å². The molecule has 1 aliphatic heterocycles. The van der Waals surface area contributed by atoms with E-state index in [0.717, 1.165) is 19.2 Å². The molecule has 32 heavy (non-hydrogen) atoms. The number of nitrogens with zero attached hydrogens (tertiary/aromatic N) is 4. The molecular weight excluding hydrogens is 419 g/mol. The molecule has 0 radical (unpaired) electrons. The Morgan fingerprint density at radius 2 is 1.88 bits per heavy atom. The Morgan fingerprint density at radius 1 is 1.16 bits per heavy atom. The second-order valence-corrected chi connectivity index (χ2v) is 8.98. The molecule has 1 atom stereocenters. The largest absolute Gasteiger partial charge is 0.366 e. The highest BCUT2D eigenvalue weighted by atomic mass is 19.3. The first-order valence-corrected chi connectivity index (χ1v) is 10.7. The van der Waals surface area contributed by atoms with Crippen molar-refractivity contribution in [3.8, 4) is 0 Å². The first-order chi connectivity index (χ1) is 15.3. The van der Waals surface area contributed by atoms with Crippen molar-refractivity contribution in [3.63, 3.8) is 0 Å². The van der Waals surface area contributed by atoms with Gasteiger partial charge in [-0.05, 0) is 25.8 Å². The predicted octanol–water partition coefficient (Wildman–Crippen LogP) is 4.57. The molecule has 168 valence electrons. The summed E-state index contributed by atoms with van der Waals surface area (Å²) in [6.45, 7) is 3.42. The zero-order valence-corrected chi connectivity index (χ0v) is 17.9. The van der Waals surface area contributed by atoms with E-state index >= 15 is 0 Å². The lowest BCUT2D eigenvalue weighted by molar-refractivity contribution is 0.0901. The van der Waals surface area contributed by atoms with Crippen LogP contribution in [0, 0.1) is 11.2 Å². The minimum atomic E-state index is -2.89. The molecule has 3 heterocycles. The monoisotopic (exact) mass is 443 g/mol. The molecule has 1 aromatic carbocycles. The fourth-order valence-corrected chi connectivity index (χ4v) is 4.88. The van der Waals surface area contributed by atoms with Gasteiger partial charge >= 0.3 is 0 Å². The first-order valence-electron chi connectivity index (χ1n) is 10.7. The zero-order chi connectivity index (χ0) is 22.6. The summed E-state index contributed by atoms with van der Waals surface area (Å²) in [6, 6.07) is 5.12. The van der Waals surface area contributed by atoms with Crippen LogP contribution in [0.4, 0.5) is 24.7 Å². The van der Waals surface area contributed by atoms with Crippen molar-refractivity contribution < 1.29 is 13.2 Å². The fraction of sp³-hybridized carbons (Fsp3) is 0.435. The molecule has 5 rings (SSSR count). The van der Waals surface area contributed by atoms with Crippen LogP contribution < -0.4 is 15.8 Å². The molecule has 6 nitrogen and oxygen atoms in total. The smallest absolute Gasteiger partial charge is 0.275 e. The number of aromatic nitrogens is 3. The van der Waals surface area contributed by atoms with E-state index in [1.807, 2.05) is 0 Å². The summed E-state index contributed by atoms with van der Waals surface area (Å²) >= 11 is 0. The molecule has 1 saturated heterocycles. The Hall–Kier alpha value is -3.10. The molecule has 1 spiro atoms. The van der Waals surface area contributed by atoms with Crippen molar-refractivity contribution >= 4 is 22.5 Å². The average Bonchev–Trinajstić information content (AvgIpc) is 2.69. The predicted molar refractivity (Wildman–Crippen MR) is 117 cm³/mol. The molecule has 0 amide bonds. The van der Waals surface area contributed by atoms with E-state index in [2.05, 4.69) is 20.2 Å². The molecule has 2 aliphatic rings. The Kier molecular flexibility index (Phi) is 4.87. The molecule has 2 fully saturated rings. The second-order valence-electron chi connectivity index (χ2n) is 8.98. The number of halogens is 3. The molecule has 1 saturated carbocycles. The Morgan fingerprint density at radius 3 is 2.53 bits per heavy atom. The SMILES string of the molecule is C[C@@H](Nc1ncnc2c1cc(N1CC3(CCC3)C1)c(=O)n2C)c1cccc(C(F)F)c1F. The molecule has 2 aromatic heterocycles. The van der Waals surface area contributed by atoms with E-state index in [0.29, 0.717) is 28.0 Å². The fourth-order valence-electron chi connectivity index (χ4n) is 4.88. The molecule has 0 bridgehead atoms. The van der Waals surface area contributed by atoms with Crippen molar-refractivity contribution in [2.75, 3.05) is 23.3 Å². The summed E-state index contributed by atoms with van der Waals surface area (Å²) in [7, 11) is 1.67.